The zero-order chi connectivity index (χ0) is 6.41. The van der Waals surface area contributed by atoms with Crippen molar-refractivity contribution in [3.8, 4) is 0 Å². The molecule has 0 aliphatic carbocycles. The zero-order valence-electron chi connectivity index (χ0n) is 4.44. The van der Waals surface area contributed by atoms with Crippen LogP contribution in [0.2, 0.25) is 0 Å². The number of halogens is 2. The molecule has 0 amide bonds. The summed E-state index contributed by atoms with van der Waals surface area (Å²) in [6.07, 6.45) is 1.43. The third-order valence-electron chi connectivity index (χ3n) is 0.480. The predicted molar refractivity (Wildman–Crippen MR) is 29.0 cm³/mol. The minimum atomic E-state index is -2.37. The van der Waals surface area contributed by atoms with Gasteiger partial charge in [-0.05, 0) is 0 Å². The zero-order valence-corrected chi connectivity index (χ0v) is 4.44. The second kappa shape index (κ2) is 4.78. The molecular weight excluding hydrogens is 113 g/mol. The van der Waals surface area contributed by atoms with Gasteiger partial charge in [0.15, 0.2) is 0 Å². The van der Waals surface area contributed by atoms with Crippen LogP contribution in [0, 0.1) is 0 Å². The van der Waals surface area contributed by atoms with Crippen LogP contribution < -0.4 is 0 Å². The fourth-order valence-corrected chi connectivity index (χ4v) is 0.240. The molecule has 0 spiro atoms. The maximum Gasteiger partial charge on any atom is 0.563 e. The molecule has 0 fully saturated rings. The summed E-state index contributed by atoms with van der Waals surface area (Å²) >= 11 is 0. The van der Waals surface area contributed by atoms with Crippen LogP contribution in [0.15, 0.2) is 12.7 Å². The van der Waals surface area contributed by atoms with Crippen molar-refractivity contribution in [3.63, 3.8) is 0 Å². The minimum absolute atomic E-state index is 0.199. The van der Waals surface area contributed by atoms with Crippen molar-refractivity contribution in [2.24, 2.45) is 0 Å². The lowest BCUT2D eigenvalue weighted by molar-refractivity contribution is 0.197. The maximum atomic E-state index is 11.2. The maximum absolute atomic E-state index is 11.2. The average Bonchev–Trinajstić information content (AvgIpc) is 1.66. The molecule has 4 heteroatoms. The van der Waals surface area contributed by atoms with Gasteiger partial charge in [0, 0.05) is 0 Å². The summed E-state index contributed by atoms with van der Waals surface area (Å²) in [6.45, 7) is 2.99. The molecule has 0 rings (SSSR count). The molecule has 0 aliphatic rings. The summed E-state index contributed by atoms with van der Waals surface area (Å²) in [5.74, 6) is 0. The highest BCUT2D eigenvalue weighted by atomic mass is 19.2. The van der Waals surface area contributed by atoms with Crippen molar-refractivity contribution < 1.29 is 13.4 Å². The first-order chi connectivity index (χ1) is 3.77. The highest BCUT2D eigenvalue weighted by molar-refractivity contribution is 6.42. The summed E-state index contributed by atoms with van der Waals surface area (Å²) in [7, 11) is -2.37. The Morgan fingerprint density at radius 2 is 2.25 bits per heavy atom. The Labute approximate surface area is 47.5 Å². The molecule has 0 N–H and O–H groups in total. The summed E-state index contributed by atoms with van der Waals surface area (Å²) in [5.41, 5.74) is 0. The van der Waals surface area contributed by atoms with E-state index in [4.69, 9.17) is 0 Å². The van der Waals surface area contributed by atoms with Crippen molar-refractivity contribution in [3.05, 3.63) is 12.7 Å². The number of ether oxygens (including phenoxy) is 1. The van der Waals surface area contributed by atoms with E-state index in [9.17, 15) is 8.63 Å². The van der Waals surface area contributed by atoms with Gasteiger partial charge in [0.2, 0.25) is 0 Å². The van der Waals surface area contributed by atoms with Crippen molar-refractivity contribution in [2.75, 3.05) is 13.1 Å². The first kappa shape index (κ1) is 7.62. The Hall–Kier alpha value is -0.375. The molecule has 0 aromatic heterocycles. The molecule has 0 aromatic rings. The molecule has 0 aromatic carbocycles. The lowest BCUT2D eigenvalue weighted by atomic mass is 10.0. The van der Waals surface area contributed by atoms with Crippen LogP contribution in [-0.4, -0.2) is 20.4 Å². The van der Waals surface area contributed by atoms with E-state index in [-0.39, 0.29) is 6.61 Å². The fraction of sp³-hybridized carbons (Fsp3) is 0.500. The molecular formula is C4H7BF2O. The Morgan fingerprint density at radius 1 is 1.62 bits per heavy atom. The first-order valence-electron chi connectivity index (χ1n) is 2.24. The molecule has 0 radical (unpaired) electrons. The van der Waals surface area contributed by atoms with E-state index < -0.39 is 13.8 Å². The fourth-order valence-electron chi connectivity index (χ4n) is 0.240. The van der Waals surface area contributed by atoms with Crippen LogP contribution in [0.25, 0.3) is 0 Å². The van der Waals surface area contributed by atoms with Gasteiger partial charge in [-0.25, -0.2) is 0 Å². The van der Waals surface area contributed by atoms with Gasteiger partial charge in [0.1, 0.15) is 0 Å². The minimum Gasteiger partial charge on any atom is -0.379 e. The topological polar surface area (TPSA) is 9.23 Å². The van der Waals surface area contributed by atoms with E-state index in [1.165, 1.54) is 6.08 Å². The standard InChI is InChI=1S/C4H7BF2O/c1-2-3-8-4-5(6)7/h2H,1,3-4H2. The van der Waals surface area contributed by atoms with Crippen LogP contribution in [0.3, 0.4) is 0 Å². The Balaban J connectivity index is 2.81. The lowest BCUT2D eigenvalue weighted by Gasteiger charge is -1.93. The third kappa shape index (κ3) is 5.62. The number of hydrogen-bond donors (Lipinski definition) is 0. The molecule has 46 valence electrons. The predicted octanol–water partition coefficient (Wildman–Crippen LogP) is 1.16. The number of rotatable bonds is 4. The third-order valence-corrected chi connectivity index (χ3v) is 0.480. The quantitative estimate of drug-likeness (QED) is 0.307. The normalized spacial score (nSPS) is 8.75. The van der Waals surface area contributed by atoms with Crippen LogP contribution >= 0.6 is 0 Å². The summed E-state index contributed by atoms with van der Waals surface area (Å²) in [6, 6.07) is 0. The van der Waals surface area contributed by atoms with Gasteiger partial charge in [-0.3, -0.25) is 8.63 Å². The van der Waals surface area contributed by atoms with E-state index >= 15 is 0 Å². The van der Waals surface area contributed by atoms with Crippen molar-refractivity contribution in [2.45, 2.75) is 0 Å². The molecule has 0 saturated heterocycles. The van der Waals surface area contributed by atoms with Gasteiger partial charge in [-0.15, -0.1) is 6.58 Å². The molecule has 0 heterocycles. The summed E-state index contributed by atoms with van der Waals surface area (Å²) in [4.78, 5) is 0. The van der Waals surface area contributed by atoms with Crippen molar-refractivity contribution >= 4 is 7.27 Å². The molecule has 8 heavy (non-hydrogen) atoms. The second-order valence-electron chi connectivity index (χ2n) is 1.22. The second-order valence-corrected chi connectivity index (χ2v) is 1.22. The molecule has 1 nitrogen and oxygen atoms in total. The summed E-state index contributed by atoms with van der Waals surface area (Å²) < 4.78 is 26.8. The van der Waals surface area contributed by atoms with E-state index in [0.29, 0.717) is 0 Å². The highest BCUT2D eigenvalue weighted by Crippen LogP contribution is 1.85. The van der Waals surface area contributed by atoms with Gasteiger partial charge in [-0.2, -0.15) is 0 Å². The highest BCUT2D eigenvalue weighted by Gasteiger charge is 2.10. The van der Waals surface area contributed by atoms with Gasteiger partial charge >= 0.3 is 7.27 Å². The van der Waals surface area contributed by atoms with Crippen LogP contribution in [-0.2, 0) is 4.74 Å². The molecule has 0 saturated carbocycles. The van der Waals surface area contributed by atoms with E-state index in [0.717, 1.165) is 0 Å². The SMILES string of the molecule is C=CCOCB(F)F. The van der Waals surface area contributed by atoms with Crippen molar-refractivity contribution in [1.29, 1.82) is 0 Å². The van der Waals surface area contributed by atoms with E-state index in [2.05, 4.69) is 11.3 Å². The smallest absolute Gasteiger partial charge is 0.379 e. The Morgan fingerprint density at radius 3 is 2.62 bits per heavy atom. The summed E-state index contributed by atoms with van der Waals surface area (Å²) in [5, 5.41) is 0. The van der Waals surface area contributed by atoms with Crippen molar-refractivity contribution in [1.82, 2.24) is 0 Å². The van der Waals surface area contributed by atoms with Gasteiger partial charge in [-0.1, -0.05) is 6.08 Å². The monoisotopic (exact) mass is 120 g/mol. The van der Waals surface area contributed by atoms with E-state index in [1.54, 1.807) is 0 Å². The first-order valence-corrected chi connectivity index (χ1v) is 2.24. The largest absolute Gasteiger partial charge is 0.563 e. The Kier molecular flexibility index (Phi) is 4.55. The van der Waals surface area contributed by atoms with Crippen LogP contribution in [0.5, 0.6) is 0 Å². The average molecular weight is 120 g/mol. The van der Waals surface area contributed by atoms with Gasteiger partial charge < -0.3 is 4.74 Å². The lowest BCUT2D eigenvalue weighted by Crippen LogP contribution is -2.08. The molecule has 0 unspecified atom stereocenters. The van der Waals surface area contributed by atoms with Gasteiger partial charge in [0.05, 0.1) is 13.1 Å². The molecule has 0 aliphatic heterocycles. The van der Waals surface area contributed by atoms with E-state index in [1.807, 2.05) is 0 Å². The molecule has 0 bridgehead atoms. The van der Waals surface area contributed by atoms with Gasteiger partial charge in [0.25, 0.3) is 0 Å². The number of hydrogen-bond acceptors (Lipinski definition) is 1. The Bertz CT molecular complexity index is 67.1. The van der Waals surface area contributed by atoms with Crippen LogP contribution in [0.4, 0.5) is 8.63 Å². The molecule has 0 atom stereocenters. The van der Waals surface area contributed by atoms with Crippen LogP contribution in [0.1, 0.15) is 0 Å².